The average molecular weight is 199 g/mol. The quantitative estimate of drug-likeness (QED) is 0.729. The second-order valence-corrected chi connectivity index (χ2v) is 3.43. The molecule has 0 spiro atoms. The Morgan fingerprint density at radius 2 is 2.07 bits per heavy atom. The number of nitrogens with zero attached hydrogens (tertiary/aromatic N) is 1. The van der Waals surface area contributed by atoms with Crippen molar-refractivity contribution in [1.29, 1.82) is 0 Å². The van der Waals surface area contributed by atoms with E-state index in [0.29, 0.717) is 0 Å². The number of benzene rings is 1. The Morgan fingerprint density at radius 3 is 2.80 bits per heavy atom. The molecule has 76 valence electrons. The number of phenols is 1. The van der Waals surface area contributed by atoms with Gasteiger partial charge in [-0.25, -0.2) is 0 Å². The van der Waals surface area contributed by atoms with Gasteiger partial charge < -0.3 is 5.11 Å². The summed E-state index contributed by atoms with van der Waals surface area (Å²) in [6.07, 6.45) is 10.0. The number of aromatic hydroxyl groups is 1. The van der Waals surface area contributed by atoms with E-state index in [0.717, 1.165) is 24.1 Å². The van der Waals surface area contributed by atoms with Gasteiger partial charge in [0.2, 0.25) is 0 Å². The van der Waals surface area contributed by atoms with Gasteiger partial charge in [0, 0.05) is 11.8 Å². The lowest BCUT2D eigenvalue weighted by molar-refractivity contribution is 0.474. The molecule has 0 saturated heterocycles. The molecule has 0 heterocycles. The van der Waals surface area contributed by atoms with E-state index in [2.05, 4.69) is 17.1 Å². The minimum absolute atomic E-state index is 0.265. The molecule has 1 aliphatic carbocycles. The second-order valence-electron chi connectivity index (χ2n) is 3.43. The molecule has 0 atom stereocenters. The van der Waals surface area contributed by atoms with Crippen molar-refractivity contribution in [3.8, 4) is 5.75 Å². The fourth-order valence-corrected chi connectivity index (χ4v) is 1.44. The molecular formula is C13H13NO. The standard InChI is InChI=1S/C13H13NO/c15-13-9-5-4-6-11(13)10-14-12-7-2-1-3-8-12/h2,4-10,15H,1,3H2/b14-10+. The van der Waals surface area contributed by atoms with Crippen molar-refractivity contribution in [3.63, 3.8) is 0 Å². The minimum Gasteiger partial charge on any atom is -0.507 e. The lowest BCUT2D eigenvalue weighted by Gasteiger charge is -2.01. The van der Waals surface area contributed by atoms with E-state index >= 15 is 0 Å². The number of phenolic OH excluding ortho intramolecular Hbond substituents is 1. The van der Waals surface area contributed by atoms with Crippen molar-refractivity contribution < 1.29 is 5.11 Å². The highest BCUT2D eigenvalue weighted by Crippen LogP contribution is 2.15. The molecule has 1 aliphatic rings. The molecule has 0 saturated carbocycles. The SMILES string of the molecule is Oc1ccccc1/C=N/C1=CCCC=C1. The smallest absolute Gasteiger partial charge is 0.124 e. The molecule has 2 heteroatoms. The topological polar surface area (TPSA) is 32.6 Å². The summed E-state index contributed by atoms with van der Waals surface area (Å²) in [5.41, 5.74) is 1.71. The van der Waals surface area contributed by atoms with Gasteiger partial charge in [-0.3, -0.25) is 4.99 Å². The molecule has 0 unspecified atom stereocenters. The summed E-state index contributed by atoms with van der Waals surface area (Å²) in [7, 11) is 0. The third kappa shape index (κ3) is 2.56. The summed E-state index contributed by atoms with van der Waals surface area (Å²) in [6.45, 7) is 0. The zero-order chi connectivity index (χ0) is 10.5. The molecule has 0 amide bonds. The van der Waals surface area contributed by atoms with Crippen LogP contribution in [0.1, 0.15) is 18.4 Å². The van der Waals surface area contributed by atoms with Crippen molar-refractivity contribution in [2.24, 2.45) is 4.99 Å². The van der Waals surface area contributed by atoms with E-state index in [1.54, 1.807) is 18.3 Å². The number of allylic oxidation sites excluding steroid dienone is 3. The van der Waals surface area contributed by atoms with Gasteiger partial charge >= 0.3 is 0 Å². The van der Waals surface area contributed by atoms with Crippen LogP contribution in [0.15, 0.2) is 53.2 Å². The summed E-state index contributed by atoms with van der Waals surface area (Å²) < 4.78 is 0. The number of hydrogen-bond donors (Lipinski definition) is 1. The van der Waals surface area contributed by atoms with Crippen LogP contribution in [0.4, 0.5) is 0 Å². The van der Waals surface area contributed by atoms with Gasteiger partial charge in [-0.1, -0.05) is 24.3 Å². The molecule has 0 aliphatic heterocycles. The number of aliphatic imine (C=N–C) groups is 1. The molecule has 1 aromatic carbocycles. The van der Waals surface area contributed by atoms with E-state index in [4.69, 9.17) is 0 Å². The number of rotatable bonds is 2. The van der Waals surface area contributed by atoms with Crippen LogP contribution in [0.25, 0.3) is 0 Å². The lowest BCUT2D eigenvalue weighted by Crippen LogP contribution is -1.85. The van der Waals surface area contributed by atoms with Crippen LogP contribution in [0.5, 0.6) is 5.75 Å². The molecular weight excluding hydrogens is 186 g/mol. The predicted octanol–water partition coefficient (Wildman–Crippen LogP) is 3.05. The number of para-hydroxylation sites is 1. The highest BCUT2D eigenvalue weighted by Gasteiger charge is 1.96. The fraction of sp³-hybridized carbons (Fsp3) is 0.154. The summed E-state index contributed by atoms with van der Waals surface area (Å²) in [5.74, 6) is 0.265. The largest absolute Gasteiger partial charge is 0.507 e. The Morgan fingerprint density at radius 1 is 1.20 bits per heavy atom. The van der Waals surface area contributed by atoms with Gasteiger partial charge in [0.1, 0.15) is 5.75 Å². The summed E-state index contributed by atoms with van der Waals surface area (Å²) in [6, 6.07) is 7.18. The normalized spacial score (nSPS) is 15.6. The van der Waals surface area contributed by atoms with Gasteiger partial charge in [0.25, 0.3) is 0 Å². The van der Waals surface area contributed by atoms with Gasteiger partial charge in [-0.05, 0) is 31.1 Å². The molecule has 1 N–H and O–H groups in total. The maximum atomic E-state index is 9.51. The highest BCUT2D eigenvalue weighted by atomic mass is 16.3. The van der Waals surface area contributed by atoms with E-state index in [1.807, 2.05) is 18.2 Å². The van der Waals surface area contributed by atoms with E-state index in [-0.39, 0.29) is 5.75 Å². The Kier molecular flexibility index (Phi) is 2.98. The van der Waals surface area contributed by atoms with Crippen molar-refractivity contribution in [2.45, 2.75) is 12.8 Å². The minimum atomic E-state index is 0.265. The number of hydrogen-bond acceptors (Lipinski definition) is 2. The van der Waals surface area contributed by atoms with Gasteiger partial charge in [-0.15, -0.1) is 0 Å². The van der Waals surface area contributed by atoms with Crippen LogP contribution < -0.4 is 0 Å². The Bertz CT molecular complexity index is 430. The first-order valence-electron chi connectivity index (χ1n) is 5.05. The summed E-state index contributed by atoms with van der Waals surface area (Å²) >= 11 is 0. The average Bonchev–Trinajstić information content (AvgIpc) is 2.29. The van der Waals surface area contributed by atoms with E-state index < -0.39 is 0 Å². The van der Waals surface area contributed by atoms with E-state index in [1.165, 1.54) is 0 Å². The van der Waals surface area contributed by atoms with Crippen LogP contribution in [0.3, 0.4) is 0 Å². The first-order valence-corrected chi connectivity index (χ1v) is 5.05. The second kappa shape index (κ2) is 4.60. The van der Waals surface area contributed by atoms with E-state index in [9.17, 15) is 5.11 Å². The molecule has 15 heavy (non-hydrogen) atoms. The van der Waals surface area contributed by atoms with Crippen LogP contribution in [0, 0.1) is 0 Å². The van der Waals surface area contributed by atoms with Crippen LogP contribution >= 0.6 is 0 Å². The summed E-state index contributed by atoms with van der Waals surface area (Å²) in [4.78, 5) is 4.30. The van der Waals surface area contributed by atoms with Crippen LogP contribution in [-0.2, 0) is 0 Å². The van der Waals surface area contributed by atoms with Gasteiger partial charge in [-0.2, -0.15) is 0 Å². The van der Waals surface area contributed by atoms with Gasteiger partial charge in [0.15, 0.2) is 0 Å². The van der Waals surface area contributed by atoms with Gasteiger partial charge in [0.05, 0.1) is 5.70 Å². The molecule has 0 radical (unpaired) electrons. The molecule has 2 rings (SSSR count). The van der Waals surface area contributed by atoms with Crippen molar-refractivity contribution >= 4 is 6.21 Å². The molecule has 0 bridgehead atoms. The zero-order valence-corrected chi connectivity index (χ0v) is 8.43. The monoisotopic (exact) mass is 199 g/mol. The third-order valence-corrected chi connectivity index (χ3v) is 2.26. The zero-order valence-electron chi connectivity index (χ0n) is 8.43. The Balaban J connectivity index is 2.15. The van der Waals surface area contributed by atoms with Crippen molar-refractivity contribution in [1.82, 2.24) is 0 Å². The summed E-state index contributed by atoms with van der Waals surface area (Å²) in [5, 5.41) is 9.51. The first-order chi connectivity index (χ1) is 7.36. The molecule has 0 aromatic heterocycles. The predicted molar refractivity (Wildman–Crippen MR) is 62.2 cm³/mol. The van der Waals surface area contributed by atoms with Crippen molar-refractivity contribution in [2.75, 3.05) is 0 Å². The Labute approximate surface area is 89.3 Å². The van der Waals surface area contributed by atoms with Crippen molar-refractivity contribution in [3.05, 3.63) is 53.8 Å². The highest BCUT2D eigenvalue weighted by molar-refractivity contribution is 5.84. The maximum Gasteiger partial charge on any atom is 0.124 e. The lowest BCUT2D eigenvalue weighted by atomic mass is 10.1. The third-order valence-electron chi connectivity index (χ3n) is 2.26. The van der Waals surface area contributed by atoms with Crippen LogP contribution in [-0.4, -0.2) is 11.3 Å². The molecule has 0 fully saturated rings. The van der Waals surface area contributed by atoms with Crippen LogP contribution in [0.2, 0.25) is 0 Å². The molecule has 1 aromatic rings. The maximum absolute atomic E-state index is 9.51. The molecule has 2 nitrogen and oxygen atoms in total. The first kappa shape index (κ1) is 9.71. The fourth-order valence-electron chi connectivity index (χ4n) is 1.44. The Hall–Kier alpha value is -1.83.